The SMILES string of the molecule is O=CCCCCCCNCc1ccc(-c2cc3c(NCc4ccccc4)ncnc3[nH]2)cc1. The van der Waals surface area contributed by atoms with Crippen molar-refractivity contribution in [3.05, 3.63) is 78.1 Å². The van der Waals surface area contributed by atoms with E-state index in [1.807, 2.05) is 18.2 Å². The van der Waals surface area contributed by atoms with Gasteiger partial charge < -0.3 is 20.4 Å². The summed E-state index contributed by atoms with van der Waals surface area (Å²) in [6.07, 6.45) is 7.75. The van der Waals surface area contributed by atoms with Gasteiger partial charge in [-0.15, -0.1) is 0 Å². The predicted octanol–water partition coefficient (Wildman–Crippen LogP) is 5.48. The molecule has 0 saturated carbocycles. The number of H-pyrrole nitrogens is 1. The zero-order valence-electron chi connectivity index (χ0n) is 18.9. The molecule has 170 valence electrons. The largest absolute Gasteiger partial charge is 0.365 e. The number of nitrogens with zero attached hydrogens (tertiary/aromatic N) is 2. The molecule has 2 aromatic heterocycles. The quantitative estimate of drug-likeness (QED) is 0.189. The number of nitrogens with one attached hydrogen (secondary N) is 3. The first-order valence-electron chi connectivity index (χ1n) is 11.7. The van der Waals surface area contributed by atoms with E-state index >= 15 is 0 Å². The van der Waals surface area contributed by atoms with Gasteiger partial charge in [0.15, 0.2) is 0 Å². The third kappa shape index (κ3) is 6.49. The van der Waals surface area contributed by atoms with Crippen LogP contribution in [-0.2, 0) is 17.9 Å². The number of rotatable bonds is 13. The highest BCUT2D eigenvalue weighted by molar-refractivity contribution is 5.91. The van der Waals surface area contributed by atoms with Crippen molar-refractivity contribution in [2.75, 3.05) is 11.9 Å². The molecule has 4 aromatic rings. The van der Waals surface area contributed by atoms with Crippen LogP contribution in [0.25, 0.3) is 22.3 Å². The Morgan fingerprint density at radius 1 is 0.848 bits per heavy atom. The Morgan fingerprint density at radius 3 is 2.45 bits per heavy atom. The van der Waals surface area contributed by atoms with Crippen molar-refractivity contribution in [3.63, 3.8) is 0 Å². The molecule has 0 saturated heterocycles. The van der Waals surface area contributed by atoms with Gasteiger partial charge in [0.1, 0.15) is 24.1 Å². The molecule has 0 spiro atoms. The van der Waals surface area contributed by atoms with Gasteiger partial charge in [-0.2, -0.15) is 0 Å². The van der Waals surface area contributed by atoms with E-state index in [1.165, 1.54) is 17.5 Å². The standard InChI is InChI=1S/C27H31N5O/c33-16-8-3-1-2-7-15-28-18-22-11-13-23(14-12-22)25-17-24-26(30-20-31-27(24)32-25)29-19-21-9-5-4-6-10-21/h4-6,9-14,16-17,20,28H,1-3,7-8,15,18-19H2,(H2,29,30,31,32). The third-order valence-electron chi connectivity index (χ3n) is 5.75. The van der Waals surface area contributed by atoms with Crippen LogP contribution in [0.15, 0.2) is 67.0 Å². The van der Waals surface area contributed by atoms with Crippen LogP contribution in [0.1, 0.15) is 43.2 Å². The predicted molar refractivity (Wildman–Crippen MR) is 134 cm³/mol. The number of unbranched alkanes of at least 4 members (excludes halogenated alkanes) is 4. The van der Waals surface area contributed by atoms with E-state index in [2.05, 4.69) is 68.1 Å². The second-order valence-electron chi connectivity index (χ2n) is 8.25. The van der Waals surface area contributed by atoms with E-state index in [-0.39, 0.29) is 0 Å². The number of carbonyl (C=O) groups excluding carboxylic acids is 1. The molecule has 0 aliphatic rings. The molecule has 0 amide bonds. The lowest BCUT2D eigenvalue weighted by Gasteiger charge is -2.06. The van der Waals surface area contributed by atoms with Crippen molar-refractivity contribution < 1.29 is 4.79 Å². The van der Waals surface area contributed by atoms with Gasteiger partial charge in [0.05, 0.1) is 5.39 Å². The number of aldehydes is 1. The number of aromatic nitrogens is 3. The molecule has 0 radical (unpaired) electrons. The Hall–Kier alpha value is -3.51. The maximum absolute atomic E-state index is 10.3. The van der Waals surface area contributed by atoms with Gasteiger partial charge in [-0.05, 0) is 42.1 Å². The second-order valence-corrected chi connectivity index (χ2v) is 8.25. The fourth-order valence-electron chi connectivity index (χ4n) is 3.88. The molecule has 0 fully saturated rings. The van der Waals surface area contributed by atoms with Crippen LogP contribution < -0.4 is 10.6 Å². The molecule has 0 atom stereocenters. The molecule has 0 aliphatic heterocycles. The van der Waals surface area contributed by atoms with Crippen molar-refractivity contribution >= 4 is 23.1 Å². The molecule has 3 N–H and O–H groups in total. The van der Waals surface area contributed by atoms with Gasteiger partial charge in [-0.3, -0.25) is 0 Å². The van der Waals surface area contributed by atoms with Crippen molar-refractivity contribution in [1.82, 2.24) is 20.3 Å². The summed E-state index contributed by atoms with van der Waals surface area (Å²) in [5, 5.41) is 7.92. The highest BCUT2D eigenvalue weighted by Gasteiger charge is 2.09. The Balaban J connectivity index is 1.32. The summed E-state index contributed by atoms with van der Waals surface area (Å²) < 4.78 is 0. The van der Waals surface area contributed by atoms with Crippen LogP contribution in [-0.4, -0.2) is 27.8 Å². The minimum atomic E-state index is 0.689. The number of benzene rings is 2. The topological polar surface area (TPSA) is 82.7 Å². The van der Waals surface area contributed by atoms with Crippen LogP contribution in [0.5, 0.6) is 0 Å². The monoisotopic (exact) mass is 441 g/mol. The maximum Gasteiger partial charge on any atom is 0.143 e. The second kappa shape index (κ2) is 11.9. The first kappa shape index (κ1) is 22.7. The maximum atomic E-state index is 10.3. The summed E-state index contributed by atoms with van der Waals surface area (Å²) in [6, 6.07) is 21.0. The lowest BCUT2D eigenvalue weighted by atomic mass is 10.1. The number of fused-ring (bicyclic) bond motifs is 1. The van der Waals surface area contributed by atoms with Gasteiger partial charge in [0.25, 0.3) is 0 Å². The molecular formula is C27H31N5O. The minimum Gasteiger partial charge on any atom is -0.365 e. The van der Waals surface area contributed by atoms with Crippen LogP contribution in [0, 0.1) is 0 Å². The van der Waals surface area contributed by atoms with Crippen LogP contribution in [0.4, 0.5) is 5.82 Å². The van der Waals surface area contributed by atoms with Crippen LogP contribution >= 0.6 is 0 Å². The van der Waals surface area contributed by atoms with Gasteiger partial charge in [0.2, 0.25) is 0 Å². The van der Waals surface area contributed by atoms with Gasteiger partial charge in [-0.1, -0.05) is 67.4 Å². The number of hydrogen-bond acceptors (Lipinski definition) is 5. The highest BCUT2D eigenvalue weighted by atomic mass is 16.1. The van der Waals surface area contributed by atoms with Crippen molar-refractivity contribution in [2.24, 2.45) is 0 Å². The van der Waals surface area contributed by atoms with Crippen molar-refractivity contribution in [2.45, 2.75) is 45.2 Å². The zero-order chi connectivity index (χ0) is 22.7. The van der Waals surface area contributed by atoms with Crippen molar-refractivity contribution in [3.8, 4) is 11.3 Å². The highest BCUT2D eigenvalue weighted by Crippen LogP contribution is 2.27. The fraction of sp³-hybridized carbons (Fsp3) is 0.296. The summed E-state index contributed by atoms with van der Waals surface area (Å²) in [5.74, 6) is 0.832. The number of carbonyl (C=O) groups is 1. The van der Waals surface area contributed by atoms with E-state index < -0.39 is 0 Å². The number of anilines is 1. The Morgan fingerprint density at radius 2 is 1.64 bits per heavy atom. The Bertz CT molecular complexity index is 1140. The minimum absolute atomic E-state index is 0.689. The van der Waals surface area contributed by atoms with E-state index in [4.69, 9.17) is 0 Å². The molecule has 6 nitrogen and oxygen atoms in total. The number of hydrogen-bond donors (Lipinski definition) is 3. The van der Waals surface area contributed by atoms with Crippen molar-refractivity contribution in [1.29, 1.82) is 0 Å². The summed E-state index contributed by atoms with van der Waals surface area (Å²) in [6.45, 7) is 2.58. The van der Waals surface area contributed by atoms with Crippen LogP contribution in [0.2, 0.25) is 0 Å². The van der Waals surface area contributed by atoms with E-state index in [1.54, 1.807) is 6.33 Å². The fourth-order valence-corrected chi connectivity index (χ4v) is 3.88. The molecule has 0 bridgehead atoms. The third-order valence-corrected chi connectivity index (χ3v) is 5.75. The zero-order valence-corrected chi connectivity index (χ0v) is 18.9. The lowest BCUT2D eigenvalue weighted by molar-refractivity contribution is -0.107. The van der Waals surface area contributed by atoms with Crippen LogP contribution in [0.3, 0.4) is 0 Å². The average molecular weight is 442 g/mol. The average Bonchev–Trinajstić information content (AvgIpc) is 3.30. The normalized spacial score (nSPS) is 11.0. The Labute approximate surface area is 194 Å². The first-order valence-corrected chi connectivity index (χ1v) is 11.7. The molecule has 0 aliphatic carbocycles. The summed E-state index contributed by atoms with van der Waals surface area (Å²) in [4.78, 5) is 22.6. The summed E-state index contributed by atoms with van der Waals surface area (Å²) in [7, 11) is 0. The molecular weight excluding hydrogens is 410 g/mol. The molecule has 2 aromatic carbocycles. The molecule has 4 rings (SSSR count). The van der Waals surface area contributed by atoms with E-state index in [9.17, 15) is 4.79 Å². The summed E-state index contributed by atoms with van der Waals surface area (Å²) in [5.41, 5.74) is 5.46. The molecule has 6 heteroatoms. The first-order chi connectivity index (χ1) is 16.3. The smallest absolute Gasteiger partial charge is 0.143 e. The summed E-state index contributed by atoms with van der Waals surface area (Å²) >= 11 is 0. The van der Waals surface area contributed by atoms with Gasteiger partial charge in [0, 0.05) is 25.2 Å². The molecule has 2 heterocycles. The van der Waals surface area contributed by atoms with E-state index in [0.717, 1.165) is 66.7 Å². The molecule has 33 heavy (non-hydrogen) atoms. The number of aromatic amines is 1. The molecule has 0 unspecified atom stereocenters. The van der Waals surface area contributed by atoms with Gasteiger partial charge in [-0.25, -0.2) is 9.97 Å². The Kier molecular flexibility index (Phi) is 8.19. The lowest BCUT2D eigenvalue weighted by Crippen LogP contribution is -2.14. The van der Waals surface area contributed by atoms with E-state index in [0.29, 0.717) is 13.0 Å². The van der Waals surface area contributed by atoms with Gasteiger partial charge >= 0.3 is 0 Å².